The van der Waals surface area contributed by atoms with Gasteiger partial charge in [0, 0.05) is 13.1 Å². The number of sulfonamides is 1. The van der Waals surface area contributed by atoms with Crippen molar-refractivity contribution < 1.29 is 31.8 Å². The second-order valence-corrected chi connectivity index (χ2v) is 6.42. The molecule has 1 aromatic rings. The molecule has 0 aliphatic carbocycles. The van der Waals surface area contributed by atoms with Crippen molar-refractivity contribution in [1.29, 1.82) is 0 Å². The van der Waals surface area contributed by atoms with E-state index in [1.54, 1.807) is 0 Å². The summed E-state index contributed by atoms with van der Waals surface area (Å²) in [6.45, 7) is -0.574. The third kappa shape index (κ3) is 2.80. The van der Waals surface area contributed by atoms with Crippen LogP contribution >= 0.6 is 0 Å². The van der Waals surface area contributed by atoms with Crippen molar-refractivity contribution in [3.05, 3.63) is 29.8 Å². The number of aliphatic hydroxyl groups excluding tert-OH is 2. The van der Waals surface area contributed by atoms with Crippen LogP contribution in [0.15, 0.2) is 29.2 Å². The van der Waals surface area contributed by atoms with Crippen molar-refractivity contribution in [3.8, 4) is 0 Å². The van der Waals surface area contributed by atoms with Gasteiger partial charge in [0.15, 0.2) is 0 Å². The molecule has 2 N–H and O–H groups in total. The molecular weight excluding hydrogens is 299 g/mol. The van der Waals surface area contributed by atoms with Gasteiger partial charge < -0.3 is 10.2 Å². The SMILES string of the molecule is O=S(=O)(c1ccc(C(F)(F)F)cc1)N1C[C@H](O)[C@@H](O)C1. The molecule has 9 heteroatoms. The van der Waals surface area contributed by atoms with Crippen molar-refractivity contribution in [3.63, 3.8) is 0 Å². The third-order valence-corrected chi connectivity index (χ3v) is 4.89. The number of rotatable bonds is 2. The molecule has 0 radical (unpaired) electrons. The van der Waals surface area contributed by atoms with Crippen LogP contribution in [0.3, 0.4) is 0 Å². The summed E-state index contributed by atoms with van der Waals surface area (Å²) in [4.78, 5) is -0.313. The van der Waals surface area contributed by atoms with Crippen LogP contribution in [0.5, 0.6) is 0 Å². The van der Waals surface area contributed by atoms with E-state index in [9.17, 15) is 31.8 Å². The van der Waals surface area contributed by atoms with E-state index in [4.69, 9.17) is 0 Å². The largest absolute Gasteiger partial charge is 0.416 e. The number of halogens is 3. The van der Waals surface area contributed by atoms with Crippen molar-refractivity contribution in [2.45, 2.75) is 23.3 Å². The number of β-amino-alcohol motifs (C(OH)–C–C–N with tert-alkyl or cyclic N) is 2. The zero-order valence-electron chi connectivity index (χ0n) is 10.1. The summed E-state index contributed by atoms with van der Waals surface area (Å²) in [6, 6.07) is 3.07. The average molecular weight is 311 g/mol. The Hall–Kier alpha value is -1.16. The molecule has 2 atom stereocenters. The van der Waals surface area contributed by atoms with Crippen LogP contribution in [0, 0.1) is 0 Å². The molecule has 1 heterocycles. The number of alkyl halides is 3. The van der Waals surface area contributed by atoms with Gasteiger partial charge in [0.1, 0.15) is 0 Å². The molecule has 1 saturated heterocycles. The zero-order valence-corrected chi connectivity index (χ0v) is 10.9. The van der Waals surface area contributed by atoms with E-state index in [-0.39, 0.29) is 18.0 Å². The van der Waals surface area contributed by atoms with Gasteiger partial charge in [-0.15, -0.1) is 0 Å². The predicted molar refractivity (Wildman–Crippen MR) is 62.2 cm³/mol. The Morgan fingerprint density at radius 1 is 1.05 bits per heavy atom. The molecule has 2 rings (SSSR count). The first-order chi connectivity index (χ1) is 9.12. The molecule has 20 heavy (non-hydrogen) atoms. The molecule has 1 aromatic carbocycles. The quantitative estimate of drug-likeness (QED) is 0.830. The second kappa shape index (κ2) is 4.99. The molecule has 5 nitrogen and oxygen atoms in total. The molecule has 0 amide bonds. The summed E-state index contributed by atoms with van der Waals surface area (Å²) in [6.07, 6.45) is -6.93. The van der Waals surface area contributed by atoms with E-state index in [1.807, 2.05) is 0 Å². The molecule has 0 unspecified atom stereocenters. The number of hydrogen-bond donors (Lipinski definition) is 2. The monoisotopic (exact) mass is 311 g/mol. The van der Waals surface area contributed by atoms with E-state index < -0.39 is 34.0 Å². The van der Waals surface area contributed by atoms with Crippen LogP contribution in [-0.4, -0.2) is 48.2 Å². The van der Waals surface area contributed by atoms with E-state index >= 15 is 0 Å². The summed E-state index contributed by atoms with van der Waals surface area (Å²) in [7, 11) is -4.02. The molecule has 1 fully saturated rings. The second-order valence-electron chi connectivity index (χ2n) is 4.48. The van der Waals surface area contributed by atoms with Crippen molar-refractivity contribution in [1.82, 2.24) is 4.31 Å². The lowest BCUT2D eigenvalue weighted by Gasteiger charge is -2.16. The van der Waals surface area contributed by atoms with Gasteiger partial charge in [-0.3, -0.25) is 0 Å². The Labute approximate surface area is 113 Å². The van der Waals surface area contributed by atoms with Crippen molar-refractivity contribution in [2.24, 2.45) is 0 Å². The number of aliphatic hydroxyl groups is 2. The highest BCUT2D eigenvalue weighted by atomic mass is 32.2. The molecule has 112 valence electrons. The normalized spacial score (nSPS) is 25.1. The van der Waals surface area contributed by atoms with Crippen LogP contribution in [0.2, 0.25) is 0 Å². The summed E-state index contributed by atoms with van der Waals surface area (Å²) < 4.78 is 62.2. The topological polar surface area (TPSA) is 77.8 Å². The minimum Gasteiger partial charge on any atom is -0.389 e. The lowest BCUT2D eigenvalue weighted by atomic mass is 10.2. The van der Waals surface area contributed by atoms with Crippen molar-refractivity contribution in [2.75, 3.05) is 13.1 Å². The first-order valence-electron chi connectivity index (χ1n) is 5.66. The molecular formula is C11H12F3NO4S. The Morgan fingerprint density at radius 3 is 1.90 bits per heavy atom. The first-order valence-corrected chi connectivity index (χ1v) is 7.10. The molecule has 1 aliphatic heterocycles. The van der Waals surface area contributed by atoms with Crippen LogP contribution in [0.25, 0.3) is 0 Å². The van der Waals surface area contributed by atoms with Gasteiger partial charge in [-0.2, -0.15) is 17.5 Å². The lowest BCUT2D eigenvalue weighted by molar-refractivity contribution is -0.137. The Kier molecular flexibility index (Phi) is 3.80. The maximum atomic E-state index is 12.4. The van der Waals surface area contributed by atoms with Crippen LogP contribution in [0.1, 0.15) is 5.56 Å². The maximum Gasteiger partial charge on any atom is 0.416 e. The highest BCUT2D eigenvalue weighted by molar-refractivity contribution is 7.89. The van der Waals surface area contributed by atoms with E-state index in [0.29, 0.717) is 12.1 Å². The lowest BCUT2D eigenvalue weighted by Crippen LogP contribution is -2.30. The van der Waals surface area contributed by atoms with Gasteiger partial charge in [-0.1, -0.05) is 0 Å². The molecule has 0 spiro atoms. The molecule has 0 saturated carbocycles. The van der Waals surface area contributed by atoms with Gasteiger partial charge >= 0.3 is 6.18 Å². The van der Waals surface area contributed by atoms with Crippen molar-refractivity contribution >= 4 is 10.0 Å². The first kappa shape index (κ1) is 15.2. The van der Waals surface area contributed by atoms with Crippen LogP contribution < -0.4 is 0 Å². The molecule has 0 aromatic heterocycles. The van der Waals surface area contributed by atoms with Gasteiger partial charge in [-0.05, 0) is 24.3 Å². The predicted octanol–water partition coefficient (Wildman–Crippen LogP) is 0.431. The summed E-state index contributed by atoms with van der Waals surface area (Å²) in [5.41, 5.74) is -0.946. The van der Waals surface area contributed by atoms with Crippen LogP contribution in [-0.2, 0) is 16.2 Å². The van der Waals surface area contributed by atoms with Gasteiger partial charge in [0.2, 0.25) is 10.0 Å². The Balaban J connectivity index is 2.27. The zero-order chi connectivity index (χ0) is 15.1. The fourth-order valence-electron chi connectivity index (χ4n) is 1.90. The maximum absolute atomic E-state index is 12.4. The number of benzene rings is 1. The highest BCUT2D eigenvalue weighted by Gasteiger charge is 2.38. The smallest absolute Gasteiger partial charge is 0.389 e. The van der Waals surface area contributed by atoms with E-state index in [1.165, 1.54) is 0 Å². The fraction of sp³-hybridized carbons (Fsp3) is 0.455. The Bertz CT molecular complexity index is 575. The van der Waals surface area contributed by atoms with Crippen LogP contribution in [0.4, 0.5) is 13.2 Å². The van der Waals surface area contributed by atoms with Gasteiger partial charge in [0.05, 0.1) is 22.7 Å². The molecule has 0 bridgehead atoms. The number of nitrogens with zero attached hydrogens (tertiary/aromatic N) is 1. The molecule has 1 aliphatic rings. The van der Waals surface area contributed by atoms with Gasteiger partial charge in [0.25, 0.3) is 0 Å². The third-order valence-electron chi connectivity index (χ3n) is 3.04. The summed E-state index contributed by atoms with van der Waals surface area (Å²) in [5.74, 6) is 0. The minimum atomic E-state index is -4.54. The summed E-state index contributed by atoms with van der Waals surface area (Å²) in [5, 5.41) is 18.6. The van der Waals surface area contributed by atoms with E-state index in [0.717, 1.165) is 16.4 Å². The number of hydrogen-bond acceptors (Lipinski definition) is 4. The fourth-order valence-corrected chi connectivity index (χ4v) is 3.37. The van der Waals surface area contributed by atoms with Gasteiger partial charge in [-0.25, -0.2) is 8.42 Å². The highest BCUT2D eigenvalue weighted by Crippen LogP contribution is 2.30. The minimum absolute atomic E-state index is 0.287. The standard InChI is InChI=1S/C11H12F3NO4S/c12-11(13,14)7-1-3-8(4-2-7)20(18,19)15-5-9(16)10(17)6-15/h1-4,9-10,16-17H,5-6H2/t9-,10-/m0/s1. The van der Waals surface area contributed by atoms with E-state index in [2.05, 4.69) is 0 Å². The Morgan fingerprint density at radius 2 is 1.50 bits per heavy atom. The average Bonchev–Trinajstić information content (AvgIpc) is 2.69. The summed E-state index contributed by atoms with van der Waals surface area (Å²) >= 11 is 0.